The van der Waals surface area contributed by atoms with E-state index in [1.54, 1.807) is 4.90 Å². The molecule has 2 aromatic rings. The number of rotatable bonds is 5. The molecule has 3 rings (SSSR count). The summed E-state index contributed by atoms with van der Waals surface area (Å²) < 4.78 is 0.843. The summed E-state index contributed by atoms with van der Waals surface area (Å²) in [4.78, 5) is 27.1. The molecule has 27 heavy (non-hydrogen) atoms. The van der Waals surface area contributed by atoms with Gasteiger partial charge in [0.25, 0.3) is 0 Å². The first-order valence-electron chi connectivity index (χ1n) is 9.12. The molecular formula is C21H22BrClN2O2. The Morgan fingerprint density at radius 2 is 1.96 bits per heavy atom. The quantitative estimate of drug-likeness (QED) is 0.680. The molecule has 1 fully saturated rings. The number of amides is 2. The second kappa shape index (κ2) is 8.44. The number of anilines is 2. The van der Waals surface area contributed by atoms with E-state index in [-0.39, 0.29) is 18.2 Å². The van der Waals surface area contributed by atoms with Crippen molar-refractivity contribution in [2.75, 3.05) is 16.8 Å². The van der Waals surface area contributed by atoms with Crippen molar-refractivity contribution in [3.8, 4) is 0 Å². The summed E-state index contributed by atoms with van der Waals surface area (Å²) in [5, 5.41) is 3.71. The lowest BCUT2D eigenvalue weighted by atomic mass is 10.0. The van der Waals surface area contributed by atoms with Crippen molar-refractivity contribution >= 4 is 50.7 Å². The van der Waals surface area contributed by atoms with Crippen molar-refractivity contribution in [2.45, 2.75) is 33.1 Å². The summed E-state index contributed by atoms with van der Waals surface area (Å²) in [5.74, 6) is -0.567. The molecule has 0 bridgehead atoms. The molecular weight excluding hydrogens is 428 g/mol. The van der Waals surface area contributed by atoms with Gasteiger partial charge in [-0.15, -0.1) is 0 Å². The van der Waals surface area contributed by atoms with Crippen molar-refractivity contribution in [1.82, 2.24) is 0 Å². The van der Waals surface area contributed by atoms with Crippen LogP contribution in [0.1, 0.15) is 31.4 Å². The van der Waals surface area contributed by atoms with Crippen LogP contribution in [0.4, 0.5) is 11.4 Å². The second-order valence-corrected chi connectivity index (χ2v) is 7.87. The second-order valence-electron chi connectivity index (χ2n) is 6.61. The third-order valence-corrected chi connectivity index (χ3v) is 5.99. The highest BCUT2D eigenvalue weighted by Gasteiger charge is 2.36. The molecule has 4 nitrogen and oxygen atoms in total. The summed E-state index contributed by atoms with van der Waals surface area (Å²) in [6, 6.07) is 11.4. The maximum Gasteiger partial charge on any atom is 0.229 e. The predicted molar refractivity (Wildman–Crippen MR) is 113 cm³/mol. The topological polar surface area (TPSA) is 49.4 Å². The molecule has 1 unspecified atom stereocenters. The molecule has 142 valence electrons. The number of aryl methyl sites for hydroxylation is 1. The normalized spacial score (nSPS) is 16.7. The van der Waals surface area contributed by atoms with Crippen molar-refractivity contribution in [2.24, 2.45) is 5.92 Å². The predicted octanol–water partition coefficient (Wildman–Crippen LogP) is 5.22. The molecule has 2 amide bonds. The van der Waals surface area contributed by atoms with Gasteiger partial charge >= 0.3 is 0 Å². The lowest BCUT2D eigenvalue weighted by molar-refractivity contribution is -0.122. The Balaban J connectivity index is 1.82. The Bertz CT molecular complexity index is 884. The van der Waals surface area contributed by atoms with Crippen LogP contribution in [-0.2, 0) is 22.4 Å². The lowest BCUT2D eigenvalue weighted by Gasteiger charge is -2.19. The molecule has 0 radical (unpaired) electrons. The number of benzene rings is 2. The van der Waals surface area contributed by atoms with E-state index in [1.807, 2.05) is 50.2 Å². The summed E-state index contributed by atoms with van der Waals surface area (Å²) in [5.41, 5.74) is 3.58. The smallest absolute Gasteiger partial charge is 0.229 e. The zero-order chi connectivity index (χ0) is 19.6. The number of nitrogens with zero attached hydrogens (tertiary/aromatic N) is 1. The minimum Gasteiger partial charge on any atom is -0.325 e. The number of carbonyl (C=O) groups excluding carboxylic acids is 2. The summed E-state index contributed by atoms with van der Waals surface area (Å²) in [6.07, 6.45) is 1.73. The third kappa shape index (κ3) is 4.04. The molecule has 1 N–H and O–H groups in total. The van der Waals surface area contributed by atoms with Gasteiger partial charge in [-0.2, -0.15) is 0 Å². The molecule has 0 aromatic heterocycles. The number of nitrogens with one attached hydrogen (secondary N) is 1. The van der Waals surface area contributed by atoms with Crippen LogP contribution in [0, 0.1) is 5.92 Å². The van der Waals surface area contributed by atoms with E-state index in [0.717, 1.165) is 39.8 Å². The number of carbonyl (C=O) groups is 2. The Morgan fingerprint density at radius 1 is 1.22 bits per heavy atom. The van der Waals surface area contributed by atoms with Gasteiger partial charge in [-0.1, -0.05) is 43.6 Å². The van der Waals surface area contributed by atoms with Crippen LogP contribution in [-0.4, -0.2) is 18.4 Å². The standard InChI is InChI=1S/C21H22BrClN2O2/c1-3-13-9-10-17(23)15(4-2)20(13)24-21(27)14-11-19(26)25(12-14)18-8-6-5-7-16(18)22/h5-10,14H,3-4,11-12H2,1-2H3,(H,24,27). The van der Waals surface area contributed by atoms with Crippen molar-refractivity contribution < 1.29 is 9.59 Å². The fourth-order valence-corrected chi connectivity index (χ4v) is 4.27. The average molecular weight is 450 g/mol. The fraction of sp³-hybridized carbons (Fsp3) is 0.333. The summed E-state index contributed by atoms with van der Waals surface area (Å²) >= 11 is 9.81. The Kier molecular flexibility index (Phi) is 6.22. The molecule has 0 spiro atoms. The SMILES string of the molecule is CCc1ccc(Cl)c(CC)c1NC(=O)C1CC(=O)N(c2ccccc2Br)C1. The van der Waals surface area contributed by atoms with Crippen LogP contribution in [0.5, 0.6) is 0 Å². The molecule has 1 aliphatic heterocycles. The third-order valence-electron chi connectivity index (χ3n) is 4.96. The van der Waals surface area contributed by atoms with Crippen LogP contribution in [0.15, 0.2) is 40.9 Å². The summed E-state index contributed by atoms with van der Waals surface area (Å²) in [7, 11) is 0. The Morgan fingerprint density at radius 3 is 2.63 bits per heavy atom. The number of hydrogen-bond acceptors (Lipinski definition) is 2. The van der Waals surface area contributed by atoms with Crippen molar-refractivity contribution in [3.05, 3.63) is 57.0 Å². The van der Waals surface area contributed by atoms with Gasteiger partial charge in [-0.05, 0) is 58.1 Å². The largest absolute Gasteiger partial charge is 0.325 e. The van der Waals surface area contributed by atoms with Gasteiger partial charge < -0.3 is 10.2 Å². The maximum absolute atomic E-state index is 12.9. The van der Waals surface area contributed by atoms with Gasteiger partial charge in [0, 0.05) is 28.1 Å². The van der Waals surface area contributed by atoms with Crippen molar-refractivity contribution in [1.29, 1.82) is 0 Å². The fourth-order valence-electron chi connectivity index (χ4n) is 3.48. The molecule has 1 aliphatic rings. The first kappa shape index (κ1) is 19.9. The highest BCUT2D eigenvalue weighted by molar-refractivity contribution is 9.10. The van der Waals surface area contributed by atoms with E-state index in [4.69, 9.17) is 11.6 Å². The molecule has 1 heterocycles. The van der Waals surface area contributed by atoms with Gasteiger partial charge in [0.1, 0.15) is 0 Å². The number of halogens is 2. The first-order valence-corrected chi connectivity index (χ1v) is 10.3. The van der Waals surface area contributed by atoms with Gasteiger partial charge in [0.05, 0.1) is 11.6 Å². The van der Waals surface area contributed by atoms with Crippen LogP contribution in [0.3, 0.4) is 0 Å². The van der Waals surface area contributed by atoms with Gasteiger partial charge in [0.15, 0.2) is 0 Å². The summed E-state index contributed by atoms with van der Waals surface area (Å²) in [6.45, 7) is 4.44. The molecule has 1 atom stereocenters. The van der Waals surface area contributed by atoms with E-state index in [9.17, 15) is 9.59 Å². The zero-order valence-corrected chi connectivity index (χ0v) is 17.7. The van der Waals surface area contributed by atoms with E-state index < -0.39 is 5.92 Å². The highest BCUT2D eigenvalue weighted by atomic mass is 79.9. The highest BCUT2D eigenvalue weighted by Crippen LogP contribution is 2.33. The van der Waals surface area contributed by atoms with Crippen LogP contribution in [0.2, 0.25) is 5.02 Å². The van der Waals surface area contributed by atoms with Crippen molar-refractivity contribution in [3.63, 3.8) is 0 Å². The molecule has 0 aliphatic carbocycles. The van der Waals surface area contributed by atoms with Gasteiger partial charge in [-0.25, -0.2) is 0 Å². The Labute approximate surface area is 173 Å². The average Bonchev–Trinajstić information content (AvgIpc) is 3.04. The van der Waals surface area contributed by atoms with E-state index >= 15 is 0 Å². The number of hydrogen-bond donors (Lipinski definition) is 1. The molecule has 2 aromatic carbocycles. The molecule has 0 saturated carbocycles. The van der Waals surface area contributed by atoms with Gasteiger partial charge in [-0.3, -0.25) is 9.59 Å². The van der Waals surface area contributed by atoms with Gasteiger partial charge in [0.2, 0.25) is 11.8 Å². The minimum absolute atomic E-state index is 0.0421. The minimum atomic E-state index is -0.391. The first-order chi connectivity index (χ1) is 13.0. The number of para-hydroxylation sites is 1. The molecule has 1 saturated heterocycles. The van der Waals surface area contributed by atoms with E-state index in [1.165, 1.54) is 0 Å². The van der Waals surface area contributed by atoms with E-state index in [2.05, 4.69) is 21.2 Å². The van der Waals surface area contributed by atoms with Crippen LogP contribution < -0.4 is 10.2 Å². The van der Waals surface area contributed by atoms with Crippen LogP contribution in [0.25, 0.3) is 0 Å². The Hall–Kier alpha value is -1.85. The molecule has 6 heteroatoms. The van der Waals surface area contributed by atoms with E-state index in [0.29, 0.717) is 11.6 Å². The lowest BCUT2D eigenvalue weighted by Crippen LogP contribution is -2.28. The van der Waals surface area contributed by atoms with Crippen LogP contribution >= 0.6 is 27.5 Å². The monoisotopic (exact) mass is 448 g/mol. The zero-order valence-electron chi connectivity index (χ0n) is 15.4. The maximum atomic E-state index is 12.9.